The zero-order valence-electron chi connectivity index (χ0n) is 6.85. The third-order valence-electron chi connectivity index (χ3n) is 1.44. The lowest BCUT2D eigenvalue weighted by Crippen LogP contribution is -2.36. The molecule has 0 bridgehead atoms. The molecule has 0 aromatic carbocycles. The van der Waals surface area contributed by atoms with E-state index in [0.29, 0.717) is 0 Å². The van der Waals surface area contributed by atoms with Crippen molar-refractivity contribution in [2.24, 2.45) is 11.1 Å². The standard InChI is InChI=1S/C7H18N2S/c1-7(2,5-8)6-9-3-4-10/h9-10H,3-6,8H2,1-2H3. The summed E-state index contributed by atoms with van der Waals surface area (Å²) in [5.41, 5.74) is 5.75. The first-order valence-corrected chi connectivity index (χ1v) is 4.27. The van der Waals surface area contributed by atoms with Crippen molar-refractivity contribution in [2.75, 3.05) is 25.4 Å². The van der Waals surface area contributed by atoms with E-state index in [2.05, 4.69) is 31.8 Å². The smallest absolute Gasteiger partial charge is 0.00399 e. The Morgan fingerprint density at radius 3 is 2.50 bits per heavy atom. The van der Waals surface area contributed by atoms with Gasteiger partial charge in [-0.2, -0.15) is 12.6 Å². The normalized spacial score (nSPS) is 12.0. The molecule has 0 amide bonds. The Kier molecular flexibility index (Phi) is 5.13. The molecule has 2 nitrogen and oxygen atoms in total. The molecular formula is C7H18N2S. The topological polar surface area (TPSA) is 38.0 Å². The van der Waals surface area contributed by atoms with Gasteiger partial charge in [0.1, 0.15) is 0 Å². The lowest BCUT2D eigenvalue weighted by atomic mass is 9.94. The summed E-state index contributed by atoms with van der Waals surface area (Å²) in [4.78, 5) is 0. The maximum atomic E-state index is 5.53. The molecule has 62 valence electrons. The molecule has 0 unspecified atom stereocenters. The van der Waals surface area contributed by atoms with Crippen molar-refractivity contribution in [2.45, 2.75) is 13.8 Å². The lowest BCUT2D eigenvalue weighted by Gasteiger charge is -2.22. The molecule has 0 rings (SSSR count). The Morgan fingerprint density at radius 2 is 2.10 bits per heavy atom. The Labute approximate surface area is 69.0 Å². The van der Waals surface area contributed by atoms with E-state index in [4.69, 9.17) is 5.73 Å². The van der Waals surface area contributed by atoms with Gasteiger partial charge in [0.15, 0.2) is 0 Å². The SMILES string of the molecule is CC(C)(CN)CNCCS. The number of thiol groups is 1. The average molecular weight is 162 g/mol. The summed E-state index contributed by atoms with van der Waals surface area (Å²) >= 11 is 4.09. The molecule has 0 radical (unpaired) electrons. The number of hydrogen-bond acceptors (Lipinski definition) is 3. The Bertz CT molecular complexity index is 83.7. The summed E-state index contributed by atoms with van der Waals surface area (Å²) in [6.07, 6.45) is 0. The second-order valence-corrected chi connectivity index (χ2v) is 3.72. The van der Waals surface area contributed by atoms with E-state index < -0.39 is 0 Å². The molecule has 0 saturated carbocycles. The van der Waals surface area contributed by atoms with Gasteiger partial charge in [0.2, 0.25) is 0 Å². The van der Waals surface area contributed by atoms with Crippen molar-refractivity contribution < 1.29 is 0 Å². The van der Waals surface area contributed by atoms with Gasteiger partial charge >= 0.3 is 0 Å². The van der Waals surface area contributed by atoms with Gasteiger partial charge in [-0.3, -0.25) is 0 Å². The van der Waals surface area contributed by atoms with E-state index in [-0.39, 0.29) is 5.41 Å². The fourth-order valence-corrected chi connectivity index (χ4v) is 0.736. The highest BCUT2D eigenvalue weighted by atomic mass is 32.1. The van der Waals surface area contributed by atoms with Gasteiger partial charge in [0, 0.05) is 18.8 Å². The minimum Gasteiger partial charge on any atom is -0.330 e. The van der Waals surface area contributed by atoms with Crippen LogP contribution in [0.15, 0.2) is 0 Å². The molecule has 0 atom stereocenters. The quantitative estimate of drug-likeness (QED) is 0.406. The van der Waals surface area contributed by atoms with Crippen LogP contribution in [-0.4, -0.2) is 25.4 Å². The van der Waals surface area contributed by atoms with Gasteiger partial charge in [-0.15, -0.1) is 0 Å². The van der Waals surface area contributed by atoms with Crippen molar-refractivity contribution in [1.29, 1.82) is 0 Å². The molecule has 10 heavy (non-hydrogen) atoms. The molecule has 0 aliphatic heterocycles. The molecule has 0 saturated heterocycles. The molecule has 3 N–H and O–H groups in total. The zero-order chi connectivity index (χ0) is 8.04. The van der Waals surface area contributed by atoms with Crippen LogP contribution in [0.3, 0.4) is 0 Å². The molecule has 0 aromatic rings. The summed E-state index contributed by atoms with van der Waals surface area (Å²) in [6, 6.07) is 0. The number of rotatable bonds is 5. The molecule has 0 aliphatic rings. The van der Waals surface area contributed by atoms with Crippen molar-refractivity contribution in [3.63, 3.8) is 0 Å². The molecule has 0 fully saturated rings. The predicted octanol–water partition coefficient (Wildman–Crippen LogP) is 0.491. The van der Waals surface area contributed by atoms with Crippen LogP contribution in [-0.2, 0) is 0 Å². The Hall–Kier alpha value is 0.270. The van der Waals surface area contributed by atoms with Gasteiger partial charge in [0.25, 0.3) is 0 Å². The third-order valence-corrected chi connectivity index (χ3v) is 1.67. The summed E-state index contributed by atoms with van der Waals surface area (Å²) in [7, 11) is 0. The van der Waals surface area contributed by atoms with Crippen LogP contribution in [0, 0.1) is 5.41 Å². The summed E-state index contributed by atoms with van der Waals surface area (Å²) < 4.78 is 0. The van der Waals surface area contributed by atoms with Gasteiger partial charge in [-0.1, -0.05) is 13.8 Å². The summed E-state index contributed by atoms with van der Waals surface area (Å²) in [6.45, 7) is 6.97. The van der Waals surface area contributed by atoms with E-state index >= 15 is 0 Å². The van der Waals surface area contributed by atoms with Crippen molar-refractivity contribution in [1.82, 2.24) is 5.32 Å². The van der Waals surface area contributed by atoms with Crippen LogP contribution >= 0.6 is 12.6 Å². The van der Waals surface area contributed by atoms with Gasteiger partial charge < -0.3 is 11.1 Å². The van der Waals surface area contributed by atoms with Crippen LogP contribution < -0.4 is 11.1 Å². The van der Waals surface area contributed by atoms with E-state index in [1.165, 1.54) is 0 Å². The minimum absolute atomic E-state index is 0.225. The highest BCUT2D eigenvalue weighted by molar-refractivity contribution is 7.80. The maximum absolute atomic E-state index is 5.53. The minimum atomic E-state index is 0.225. The first-order valence-electron chi connectivity index (χ1n) is 3.64. The Morgan fingerprint density at radius 1 is 1.50 bits per heavy atom. The van der Waals surface area contributed by atoms with Crippen LogP contribution in [0.1, 0.15) is 13.8 Å². The van der Waals surface area contributed by atoms with Crippen LogP contribution in [0.4, 0.5) is 0 Å². The third kappa shape index (κ3) is 5.09. The van der Waals surface area contributed by atoms with Crippen LogP contribution in [0.25, 0.3) is 0 Å². The highest BCUT2D eigenvalue weighted by Gasteiger charge is 2.13. The second-order valence-electron chi connectivity index (χ2n) is 3.27. The zero-order valence-corrected chi connectivity index (χ0v) is 7.75. The molecular weight excluding hydrogens is 144 g/mol. The van der Waals surface area contributed by atoms with Crippen molar-refractivity contribution in [3.8, 4) is 0 Å². The monoisotopic (exact) mass is 162 g/mol. The second kappa shape index (κ2) is 4.99. The average Bonchev–Trinajstić information content (AvgIpc) is 1.89. The van der Waals surface area contributed by atoms with E-state index in [9.17, 15) is 0 Å². The van der Waals surface area contributed by atoms with E-state index in [1.54, 1.807) is 0 Å². The van der Waals surface area contributed by atoms with Crippen molar-refractivity contribution >= 4 is 12.6 Å². The van der Waals surface area contributed by atoms with Gasteiger partial charge in [0.05, 0.1) is 0 Å². The predicted molar refractivity (Wildman–Crippen MR) is 49.6 cm³/mol. The molecule has 3 heteroatoms. The first kappa shape index (κ1) is 10.3. The summed E-state index contributed by atoms with van der Waals surface area (Å²) in [5, 5.41) is 3.27. The molecule has 0 aliphatic carbocycles. The largest absolute Gasteiger partial charge is 0.330 e. The van der Waals surface area contributed by atoms with Crippen LogP contribution in [0.2, 0.25) is 0 Å². The lowest BCUT2D eigenvalue weighted by molar-refractivity contribution is 0.357. The first-order chi connectivity index (χ1) is 4.62. The fourth-order valence-electron chi connectivity index (χ4n) is 0.578. The van der Waals surface area contributed by atoms with E-state index in [1.807, 2.05) is 0 Å². The number of hydrogen-bond donors (Lipinski definition) is 3. The van der Waals surface area contributed by atoms with E-state index in [0.717, 1.165) is 25.4 Å². The fraction of sp³-hybridized carbons (Fsp3) is 1.00. The van der Waals surface area contributed by atoms with Gasteiger partial charge in [-0.05, 0) is 12.0 Å². The number of nitrogens with one attached hydrogen (secondary N) is 1. The van der Waals surface area contributed by atoms with Crippen molar-refractivity contribution in [3.05, 3.63) is 0 Å². The molecule has 0 heterocycles. The summed E-state index contributed by atoms with van der Waals surface area (Å²) in [5.74, 6) is 0.890. The Balaban J connectivity index is 3.28. The van der Waals surface area contributed by atoms with Crippen LogP contribution in [0.5, 0.6) is 0 Å². The highest BCUT2D eigenvalue weighted by Crippen LogP contribution is 2.09. The molecule has 0 spiro atoms. The molecule has 0 aromatic heterocycles. The maximum Gasteiger partial charge on any atom is 0.00399 e. The van der Waals surface area contributed by atoms with Gasteiger partial charge in [-0.25, -0.2) is 0 Å². The number of nitrogens with two attached hydrogens (primary N) is 1.